The number of hydrogen-bond acceptors (Lipinski definition) is 4. The van der Waals surface area contributed by atoms with Crippen LogP contribution in [0.2, 0.25) is 0 Å². The highest BCUT2D eigenvalue weighted by Crippen LogP contribution is 2.37. The molecular weight excluding hydrogens is 132 g/mol. The Bertz CT molecular complexity index is 229. The number of rotatable bonds is 2. The largest absolute Gasteiger partial charge is 0.387 e. The highest BCUT2D eigenvalue weighted by Gasteiger charge is 2.28. The van der Waals surface area contributed by atoms with E-state index in [1.165, 1.54) is 0 Å². The molecule has 0 bridgehead atoms. The quantitative estimate of drug-likeness (QED) is 0.647. The van der Waals surface area contributed by atoms with Crippen LogP contribution in [0.4, 0.5) is 0 Å². The van der Waals surface area contributed by atoms with E-state index >= 15 is 0 Å². The molecule has 54 valence electrons. The third-order valence-corrected chi connectivity index (χ3v) is 1.56. The Morgan fingerprint density at radius 3 is 2.90 bits per heavy atom. The van der Waals surface area contributed by atoms with Crippen LogP contribution in [-0.4, -0.2) is 15.2 Å². The average molecular weight is 140 g/mol. The molecule has 0 atom stereocenters. The number of aliphatic hydroxyl groups excluding tert-OH is 1. The second-order valence-corrected chi connectivity index (χ2v) is 2.48. The SMILES string of the molecule is OCc1nc(C2CC2)no1. The molecule has 0 unspecified atom stereocenters. The summed E-state index contributed by atoms with van der Waals surface area (Å²) < 4.78 is 4.70. The standard InChI is InChI=1S/C6H8N2O2/c9-3-5-7-6(8-10-5)4-1-2-4/h4,9H,1-3H2. The number of aliphatic hydroxyl groups is 1. The Kier molecular flexibility index (Phi) is 1.20. The topological polar surface area (TPSA) is 59.2 Å². The molecule has 0 aromatic carbocycles. The molecule has 0 radical (unpaired) electrons. The highest BCUT2D eigenvalue weighted by molar-refractivity contribution is 5.02. The van der Waals surface area contributed by atoms with Gasteiger partial charge in [-0.3, -0.25) is 0 Å². The van der Waals surface area contributed by atoms with Gasteiger partial charge in [-0.1, -0.05) is 5.16 Å². The van der Waals surface area contributed by atoms with Crippen molar-refractivity contribution in [1.29, 1.82) is 0 Å². The molecule has 2 rings (SSSR count). The van der Waals surface area contributed by atoms with E-state index in [-0.39, 0.29) is 6.61 Å². The summed E-state index contributed by atoms with van der Waals surface area (Å²) in [5.74, 6) is 1.58. The van der Waals surface area contributed by atoms with Gasteiger partial charge in [0, 0.05) is 5.92 Å². The number of nitrogens with zero attached hydrogens (tertiary/aromatic N) is 2. The van der Waals surface area contributed by atoms with Crippen LogP contribution in [0.5, 0.6) is 0 Å². The lowest BCUT2D eigenvalue weighted by Gasteiger charge is -1.79. The Balaban J connectivity index is 2.19. The van der Waals surface area contributed by atoms with Crippen molar-refractivity contribution in [1.82, 2.24) is 10.1 Å². The van der Waals surface area contributed by atoms with Gasteiger partial charge in [0.25, 0.3) is 5.89 Å². The summed E-state index contributed by atoms with van der Waals surface area (Å²) in [6.45, 7) is -0.153. The van der Waals surface area contributed by atoms with E-state index < -0.39 is 0 Å². The summed E-state index contributed by atoms with van der Waals surface area (Å²) in [6.07, 6.45) is 2.31. The van der Waals surface area contributed by atoms with Gasteiger partial charge in [0.1, 0.15) is 6.61 Å². The maximum Gasteiger partial charge on any atom is 0.252 e. The van der Waals surface area contributed by atoms with Crippen molar-refractivity contribution in [2.45, 2.75) is 25.4 Å². The Morgan fingerprint density at radius 2 is 2.40 bits per heavy atom. The van der Waals surface area contributed by atoms with E-state index in [1.807, 2.05) is 0 Å². The third-order valence-electron chi connectivity index (χ3n) is 1.56. The zero-order valence-corrected chi connectivity index (χ0v) is 5.45. The Labute approximate surface area is 57.9 Å². The number of aromatic nitrogens is 2. The van der Waals surface area contributed by atoms with E-state index in [4.69, 9.17) is 9.63 Å². The minimum atomic E-state index is -0.153. The summed E-state index contributed by atoms with van der Waals surface area (Å²) in [5.41, 5.74) is 0. The van der Waals surface area contributed by atoms with Crippen LogP contribution < -0.4 is 0 Å². The maximum atomic E-state index is 8.56. The zero-order valence-electron chi connectivity index (χ0n) is 5.45. The fourth-order valence-electron chi connectivity index (χ4n) is 0.840. The molecule has 1 heterocycles. The fraction of sp³-hybridized carbons (Fsp3) is 0.667. The molecule has 1 aliphatic carbocycles. The Morgan fingerprint density at radius 1 is 1.60 bits per heavy atom. The minimum absolute atomic E-state index is 0.153. The molecule has 0 spiro atoms. The molecule has 1 saturated carbocycles. The molecule has 1 aromatic rings. The van der Waals surface area contributed by atoms with Crippen molar-refractivity contribution in [2.24, 2.45) is 0 Å². The van der Waals surface area contributed by atoms with E-state index in [0.29, 0.717) is 11.8 Å². The first kappa shape index (κ1) is 5.85. The van der Waals surface area contributed by atoms with Gasteiger partial charge in [0.15, 0.2) is 5.82 Å². The van der Waals surface area contributed by atoms with Gasteiger partial charge in [-0.05, 0) is 12.8 Å². The van der Waals surface area contributed by atoms with E-state index in [9.17, 15) is 0 Å². The molecule has 1 aromatic heterocycles. The summed E-state index contributed by atoms with van der Waals surface area (Å²) in [6, 6.07) is 0. The van der Waals surface area contributed by atoms with Crippen molar-refractivity contribution in [3.63, 3.8) is 0 Å². The van der Waals surface area contributed by atoms with Gasteiger partial charge < -0.3 is 9.63 Å². The van der Waals surface area contributed by atoms with Gasteiger partial charge in [0.05, 0.1) is 0 Å². The van der Waals surface area contributed by atoms with Crippen LogP contribution in [0.15, 0.2) is 4.52 Å². The molecule has 1 aliphatic rings. The average Bonchev–Trinajstić information content (AvgIpc) is 2.70. The van der Waals surface area contributed by atoms with Crippen LogP contribution >= 0.6 is 0 Å². The van der Waals surface area contributed by atoms with Gasteiger partial charge >= 0.3 is 0 Å². The molecular formula is C6H8N2O2. The van der Waals surface area contributed by atoms with Gasteiger partial charge in [-0.25, -0.2) is 0 Å². The lowest BCUT2D eigenvalue weighted by atomic mass is 10.4. The summed E-state index contributed by atoms with van der Waals surface area (Å²) in [4.78, 5) is 3.96. The summed E-state index contributed by atoms with van der Waals surface area (Å²) in [5, 5.41) is 12.3. The monoisotopic (exact) mass is 140 g/mol. The molecule has 0 saturated heterocycles. The molecule has 1 N–H and O–H groups in total. The smallest absolute Gasteiger partial charge is 0.252 e. The van der Waals surface area contributed by atoms with E-state index in [1.54, 1.807) is 0 Å². The van der Waals surface area contributed by atoms with Crippen LogP contribution in [0.25, 0.3) is 0 Å². The predicted octanol–water partition coefficient (Wildman–Crippen LogP) is 0.439. The van der Waals surface area contributed by atoms with Gasteiger partial charge in [0.2, 0.25) is 0 Å². The maximum absolute atomic E-state index is 8.56. The van der Waals surface area contributed by atoms with Gasteiger partial charge in [-0.15, -0.1) is 0 Å². The molecule has 0 amide bonds. The first-order valence-electron chi connectivity index (χ1n) is 3.33. The normalized spacial score (nSPS) is 17.7. The molecule has 0 aliphatic heterocycles. The second kappa shape index (κ2) is 2.05. The van der Waals surface area contributed by atoms with Crippen molar-refractivity contribution in [3.8, 4) is 0 Å². The third kappa shape index (κ3) is 0.903. The van der Waals surface area contributed by atoms with Crippen molar-refractivity contribution in [3.05, 3.63) is 11.7 Å². The summed E-state index contributed by atoms with van der Waals surface area (Å²) >= 11 is 0. The van der Waals surface area contributed by atoms with Crippen molar-refractivity contribution >= 4 is 0 Å². The number of hydrogen-bond donors (Lipinski definition) is 1. The first-order chi connectivity index (χ1) is 4.90. The zero-order chi connectivity index (χ0) is 6.97. The predicted molar refractivity (Wildman–Crippen MR) is 32.2 cm³/mol. The first-order valence-corrected chi connectivity index (χ1v) is 3.33. The lowest BCUT2D eigenvalue weighted by Crippen LogP contribution is -1.84. The van der Waals surface area contributed by atoms with Crippen LogP contribution in [-0.2, 0) is 6.61 Å². The Hall–Kier alpha value is -0.900. The van der Waals surface area contributed by atoms with E-state index in [0.717, 1.165) is 18.7 Å². The van der Waals surface area contributed by atoms with Gasteiger partial charge in [-0.2, -0.15) is 4.98 Å². The lowest BCUT2D eigenvalue weighted by molar-refractivity contribution is 0.222. The van der Waals surface area contributed by atoms with Crippen molar-refractivity contribution < 1.29 is 9.63 Å². The molecule has 4 heteroatoms. The van der Waals surface area contributed by atoms with Crippen LogP contribution in [0.1, 0.15) is 30.5 Å². The summed E-state index contributed by atoms with van der Waals surface area (Å²) in [7, 11) is 0. The van der Waals surface area contributed by atoms with Crippen molar-refractivity contribution in [2.75, 3.05) is 0 Å². The molecule has 10 heavy (non-hydrogen) atoms. The molecule has 1 fully saturated rings. The second-order valence-electron chi connectivity index (χ2n) is 2.48. The van der Waals surface area contributed by atoms with Crippen LogP contribution in [0, 0.1) is 0 Å². The minimum Gasteiger partial charge on any atom is -0.387 e. The molecule has 4 nitrogen and oxygen atoms in total. The van der Waals surface area contributed by atoms with E-state index in [2.05, 4.69) is 10.1 Å². The van der Waals surface area contributed by atoms with Crippen LogP contribution in [0.3, 0.4) is 0 Å². The highest BCUT2D eigenvalue weighted by atomic mass is 16.5. The fourth-order valence-corrected chi connectivity index (χ4v) is 0.840.